The second-order valence-electron chi connectivity index (χ2n) is 5.32. The van der Waals surface area contributed by atoms with Crippen molar-refractivity contribution in [3.63, 3.8) is 0 Å². The number of rotatable bonds is 4. The summed E-state index contributed by atoms with van der Waals surface area (Å²) in [5.74, 6) is 0. The molecule has 1 unspecified atom stereocenters. The molecule has 0 aromatic carbocycles. The lowest BCUT2D eigenvalue weighted by Gasteiger charge is -2.39. The van der Waals surface area contributed by atoms with Gasteiger partial charge in [0.1, 0.15) is 0 Å². The van der Waals surface area contributed by atoms with Crippen LogP contribution in [0.5, 0.6) is 0 Å². The summed E-state index contributed by atoms with van der Waals surface area (Å²) < 4.78 is 0. The third kappa shape index (κ3) is 3.80. The molecule has 2 aliphatic rings. The van der Waals surface area contributed by atoms with Gasteiger partial charge in [0.2, 0.25) is 0 Å². The van der Waals surface area contributed by atoms with E-state index in [1.54, 1.807) is 0 Å². The first-order valence-electron chi connectivity index (χ1n) is 6.87. The molecule has 4 nitrogen and oxygen atoms in total. The van der Waals surface area contributed by atoms with E-state index in [1.807, 2.05) is 4.90 Å². The van der Waals surface area contributed by atoms with E-state index in [-0.39, 0.29) is 12.6 Å². The Hall–Kier alpha value is -0.390. The SMILES string of the molecule is OC[C@H]1CC(O)[C@@H](O)CN1CCC1=C(Cl)CCC=C1. The Bertz CT molecular complexity index is 370. The highest BCUT2D eigenvalue weighted by atomic mass is 35.5. The summed E-state index contributed by atoms with van der Waals surface area (Å²) in [6.45, 7) is 1.15. The van der Waals surface area contributed by atoms with Crippen LogP contribution in [-0.4, -0.2) is 58.2 Å². The van der Waals surface area contributed by atoms with Crippen molar-refractivity contribution in [2.75, 3.05) is 19.7 Å². The van der Waals surface area contributed by atoms with Crippen molar-refractivity contribution in [3.8, 4) is 0 Å². The molecule has 3 atom stereocenters. The number of piperidine rings is 1. The van der Waals surface area contributed by atoms with E-state index in [0.717, 1.165) is 36.4 Å². The maximum atomic E-state index is 9.73. The van der Waals surface area contributed by atoms with Crippen molar-refractivity contribution in [2.24, 2.45) is 0 Å². The van der Waals surface area contributed by atoms with Crippen LogP contribution in [0.1, 0.15) is 25.7 Å². The topological polar surface area (TPSA) is 63.9 Å². The van der Waals surface area contributed by atoms with Crippen LogP contribution < -0.4 is 0 Å². The fourth-order valence-corrected chi connectivity index (χ4v) is 3.00. The van der Waals surface area contributed by atoms with Crippen LogP contribution in [0.2, 0.25) is 0 Å². The summed E-state index contributed by atoms with van der Waals surface area (Å²) in [7, 11) is 0. The Kier molecular flexibility index (Phi) is 5.42. The second kappa shape index (κ2) is 6.86. The van der Waals surface area contributed by atoms with Gasteiger partial charge < -0.3 is 15.3 Å². The van der Waals surface area contributed by atoms with E-state index in [2.05, 4.69) is 12.2 Å². The molecule has 108 valence electrons. The number of β-amino-alcohol motifs (C(OH)–C–C–N with tert-alkyl or cyclic N) is 1. The fourth-order valence-electron chi connectivity index (χ4n) is 2.73. The molecule has 2 rings (SSSR count). The molecular weight excluding hydrogens is 266 g/mol. The number of aliphatic hydroxyl groups is 3. The van der Waals surface area contributed by atoms with Gasteiger partial charge in [-0.25, -0.2) is 0 Å². The van der Waals surface area contributed by atoms with E-state index < -0.39 is 12.2 Å². The monoisotopic (exact) mass is 287 g/mol. The molecule has 0 spiro atoms. The number of allylic oxidation sites excluding steroid dienone is 3. The molecule has 3 N–H and O–H groups in total. The van der Waals surface area contributed by atoms with Crippen molar-refractivity contribution in [3.05, 3.63) is 22.8 Å². The first-order valence-corrected chi connectivity index (χ1v) is 7.24. The van der Waals surface area contributed by atoms with E-state index in [1.165, 1.54) is 0 Å². The zero-order valence-corrected chi connectivity index (χ0v) is 11.8. The summed E-state index contributed by atoms with van der Waals surface area (Å²) >= 11 is 6.19. The third-order valence-electron chi connectivity index (χ3n) is 3.97. The van der Waals surface area contributed by atoms with E-state index >= 15 is 0 Å². The van der Waals surface area contributed by atoms with E-state index in [9.17, 15) is 15.3 Å². The van der Waals surface area contributed by atoms with E-state index in [0.29, 0.717) is 13.0 Å². The molecule has 5 heteroatoms. The first kappa shape index (κ1) is 15.0. The van der Waals surface area contributed by atoms with Crippen molar-refractivity contribution in [2.45, 2.75) is 43.9 Å². The Balaban J connectivity index is 1.92. The van der Waals surface area contributed by atoms with Gasteiger partial charge in [-0.1, -0.05) is 23.8 Å². The molecule has 1 aliphatic heterocycles. The molecule has 0 aromatic rings. The van der Waals surface area contributed by atoms with Crippen molar-refractivity contribution in [1.29, 1.82) is 0 Å². The maximum Gasteiger partial charge on any atom is 0.0926 e. The molecule has 1 saturated heterocycles. The van der Waals surface area contributed by atoms with Gasteiger partial charge in [0.15, 0.2) is 0 Å². The van der Waals surface area contributed by atoms with Crippen LogP contribution in [0.15, 0.2) is 22.8 Å². The van der Waals surface area contributed by atoms with Crippen LogP contribution in [0.4, 0.5) is 0 Å². The number of nitrogens with zero attached hydrogens (tertiary/aromatic N) is 1. The largest absolute Gasteiger partial charge is 0.395 e. The highest BCUT2D eigenvalue weighted by Gasteiger charge is 2.32. The molecule has 1 heterocycles. The maximum absolute atomic E-state index is 9.73. The number of halogens is 1. The standard InChI is InChI=1S/C14H22ClNO3/c15-12-4-2-1-3-10(12)5-6-16-8-14(19)13(18)7-11(16)9-17/h1,3,11,13-14,17-19H,2,4-9H2/t11-,13?,14+/m1/s1. The molecule has 0 saturated carbocycles. The molecule has 0 amide bonds. The first-order chi connectivity index (χ1) is 9.11. The summed E-state index contributed by atoms with van der Waals surface area (Å²) in [5, 5.41) is 29.6. The lowest BCUT2D eigenvalue weighted by atomic mass is 9.96. The van der Waals surface area contributed by atoms with Crippen molar-refractivity contribution >= 4 is 11.6 Å². The van der Waals surface area contributed by atoms with Gasteiger partial charge in [-0.05, 0) is 31.3 Å². The Morgan fingerprint density at radius 3 is 2.79 bits per heavy atom. The van der Waals surface area contributed by atoms with Crippen LogP contribution >= 0.6 is 11.6 Å². The Labute approximate surface area is 119 Å². The fraction of sp³-hybridized carbons (Fsp3) is 0.714. The van der Waals surface area contributed by atoms with Crippen LogP contribution in [0, 0.1) is 0 Å². The zero-order chi connectivity index (χ0) is 13.8. The van der Waals surface area contributed by atoms with Gasteiger partial charge >= 0.3 is 0 Å². The molecule has 1 aliphatic carbocycles. The van der Waals surface area contributed by atoms with Crippen LogP contribution in [-0.2, 0) is 0 Å². The van der Waals surface area contributed by atoms with Gasteiger partial charge in [0.25, 0.3) is 0 Å². The molecule has 0 bridgehead atoms. The van der Waals surface area contributed by atoms with Crippen LogP contribution in [0.25, 0.3) is 0 Å². The smallest absolute Gasteiger partial charge is 0.0926 e. The zero-order valence-electron chi connectivity index (χ0n) is 11.0. The number of hydrogen-bond donors (Lipinski definition) is 3. The predicted octanol–water partition coefficient (Wildman–Crippen LogP) is 1.01. The average Bonchev–Trinajstić information content (AvgIpc) is 2.41. The number of hydrogen-bond acceptors (Lipinski definition) is 4. The lowest BCUT2D eigenvalue weighted by Crippen LogP contribution is -2.53. The Morgan fingerprint density at radius 2 is 2.11 bits per heavy atom. The number of aliphatic hydroxyl groups excluding tert-OH is 3. The Morgan fingerprint density at radius 1 is 1.32 bits per heavy atom. The minimum Gasteiger partial charge on any atom is -0.395 e. The predicted molar refractivity (Wildman–Crippen MR) is 74.9 cm³/mol. The minimum absolute atomic E-state index is 0.00635. The average molecular weight is 288 g/mol. The molecule has 0 aromatic heterocycles. The van der Waals surface area contributed by atoms with Crippen molar-refractivity contribution in [1.82, 2.24) is 4.90 Å². The highest BCUT2D eigenvalue weighted by Crippen LogP contribution is 2.26. The van der Waals surface area contributed by atoms with Gasteiger partial charge in [0.05, 0.1) is 18.8 Å². The second-order valence-corrected chi connectivity index (χ2v) is 5.78. The summed E-state index contributed by atoms with van der Waals surface area (Å²) in [5.41, 5.74) is 1.14. The normalized spacial score (nSPS) is 32.9. The van der Waals surface area contributed by atoms with Gasteiger partial charge in [-0.15, -0.1) is 0 Å². The van der Waals surface area contributed by atoms with Crippen molar-refractivity contribution < 1.29 is 15.3 Å². The molecule has 0 radical (unpaired) electrons. The molecular formula is C14H22ClNO3. The summed E-state index contributed by atoms with van der Waals surface area (Å²) in [6.07, 6.45) is 5.86. The van der Waals surface area contributed by atoms with Gasteiger partial charge in [0, 0.05) is 24.2 Å². The quantitative estimate of drug-likeness (QED) is 0.722. The molecule has 1 fully saturated rings. The highest BCUT2D eigenvalue weighted by molar-refractivity contribution is 6.30. The van der Waals surface area contributed by atoms with Gasteiger partial charge in [-0.3, -0.25) is 4.90 Å². The number of likely N-dealkylation sites (tertiary alicyclic amines) is 1. The third-order valence-corrected chi connectivity index (χ3v) is 4.40. The molecule has 19 heavy (non-hydrogen) atoms. The minimum atomic E-state index is -0.731. The van der Waals surface area contributed by atoms with E-state index in [4.69, 9.17) is 11.6 Å². The summed E-state index contributed by atoms with van der Waals surface area (Å²) in [6, 6.07) is -0.0784. The lowest BCUT2D eigenvalue weighted by molar-refractivity contribution is -0.0703. The van der Waals surface area contributed by atoms with Gasteiger partial charge in [-0.2, -0.15) is 0 Å². The summed E-state index contributed by atoms with van der Waals surface area (Å²) in [4.78, 5) is 2.04. The van der Waals surface area contributed by atoms with Crippen LogP contribution in [0.3, 0.4) is 0 Å².